The van der Waals surface area contributed by atoms with Gasteiger partial charge in [0, 0.05) is 24.8 Å². The minimum absolute atomic E-state index is 1.06. The highest BCUT2D eigenvalue weighted by Crippen LogP contribution is 2.59. The zero-order valence-electron chi connectivity index (χ0n) is 18.5. The summed E-state index contributed by atoms with van der Waals surface area (Å²) in [6, 6.07) is 30.5. The van der Waals surface area contributed by atoms with Crippen molar-refractivity contribution in [2.24, 2.45) is 0 Å². The molecule has 0 unspecified atom stereocenters. The molecule has 0 aromatic heterocycles. The molecule has 0 saturated carbocycles. The van der Waals surface area contributed by atoms with Gasteiger partial charge in [0.25, 0.3) is 0 Å². The Balaban J connectivity index is 1.73. The zero-order chi connectivity index (χ0) is 21.8. The maximum Gasteiger partial charge on any atom is 0.0450 e. The summed E-state index contributed by atoms with van der Waals surface area (Å²) in [5.41, 5.74) is 4.21. The third-order valence-electron chi connectivity index (χ3n) is 6.64. The summed E-state index contributed by atoms with van der Waals surface area (Å²) in [4.78, 5) is 2.66. The highest BCUT2D eigenvalue weighted by molar-refractivity contribution is 8.24. The summed E-state index contributed by atoms with van der Waals surface area (Å²) >= 11 is 6.76. The second-order valence-electron chi connectivity index (χ2n) is 8.70. The number of nitrogens with zero attached hydrogens (tertiary/aromatic N) is 1. The average Bonchev–Trinajstić information content (AvgIpc) is 3.29. The molecule has 1 heterocycles. The van der Waals surface area contributed by atoms with Gasteiger partial charge >= 0.3 is 0 Å². The van der Waals surface area contributed by atoms with Crippen molar-refractivity contribution in [3.8, 4) is 0 Å². The Morgan fingerprint density at radius 2 is 1.19 bits per heavy atom. The number of likely N-dealkylation sites (tertiary alicyclic amines) is 1. The van der Waals surface area contributed by atoms with E-state index in [1.165, 1.54) is 52.0 Å². The van der Waals surface area contributed by atoms with Crippen LogP contribution in [0.4, 0.5) is 0 Å². The predicted molar refractivity (Wildman–Crippen MR) is 143 cm³/mol. The van der Waals surface area contributed by atoms with Crippen LogP contribution in [0.3, 0.4) is 0 Å². The van der Waals surface area contributed by atoms with Gasteiger partial charge in [0.15, 0.2) is 0 Å². The second kappa shape index (κ2) is 9.61. The fourth-order valence-corrected chi connectivity index (χ4v) is 9.49. The van der Waals surface area contributed by atoms with E-state index in [-0.39, 0.29) is 0 Å². The summed E-state index contributed by atoms with van der Waals surface area (Å²) in [6.45, 7) is 2.29. The summed E-state index contributed by atoms with van der Waals surface area (Å²) < 4.78 is 0. The van der Waals surface area contributed by atoms with Gasteiger partial charge in [-0.3, -0.25) is 0 Å². The zero-order valence-corrected chi connectivity index (χ0v) is 20.2. The van der Waals surface area contributed by atoms with Crippen LogP contribution in [0.1, 0.15) is 37.7 Å². The van der Waals surface area contributed by atoms with Gasteiger partial charge in [0.2, 0.25) is 0 Å². The van der Waals surface area contributed by atoms with Gasteiger partial charge in [-0.2, -0.15) is 0 Å². The molecule has 3 heteroatoms. The van der Waals surface area contributed by atoms with Crippen molar-refractivity contribution in [3.63, 3.8) is 0 Å². The first-order valence-corrected chi connectivity index (χ1v) is 14.5. The Labute approximate surface area is 197 Å². The molecule has 1 aliphatic heterocycles. The fourth-order valence-electron chi connectivity index (χ4n) is 5.11. The van der Waals surface area contributed by atoms with Gasteiger partial charge in [0.1, 0.15) is 0 Å². The van der Waals surface area contributed by atoms with Crippen LogP contribution in [0, 0.1) is 0 Å². The van der Waals surface area contributed by atoms with E-state index in [9.17, 15) is 0 Å². The van der Waals surface area contributed by atoms with Crippen LogP contribution >= 0.6 is 6.04 Å². The lowest BCUT2D eigenvalue weighted by Crippen LogP contribution is -2.30. The first kappa shape index (κ1) is 21.4. The van der Waals surface area contributed by atoms with Crippen molar-refractivity contribution in [3.05, 3.63) is 113 Å². The standard InChI is InChI=1S/C29H30NPS/c32-31(26-15-7-2-8-16-26,27-17-9-3-10-18-27)28-20-19-25(23-24-13-5-1-6-14-24)29(28)30-21-11-4-12-22-30/h1-3,5-10,13-18,23H,4,11-12,19-22H2/b25-23+. The van der Waals surface area contributed by atoms with E-state index in [4.69, 9.17) is 11.8 Å². The topological polar surface area (TPSA) is 3.24 Å². The van der Waals surface area contributed by atoms with E-state index in [0.717, 1.165) is 25.9 Å². The smallest absolute Gasteiger partial charge is 0.0450 e. The van der Waals surface area contributed by atoms with Crippen LogP contribution in [0.25, 0.3) is 6.08 Å². The molecule has 5 rings (SSSR count). The molecule has 1 nitrogen and oxygen atoms in total. The molecule has 3 aromatic rings. The van der Waals surface area contributed by atoms with Crippen LogP contribution in [-0.2, 0) is 11.8 Å². The van der Waals surface area contributed by atoms with Gasteiger partial charge in [-0.15, -0.1) is 0 Å². The van der Waals surface area contributed by atoms with Crippen molar-refractivity contribution in [1.29, 1.82) is 0 Å². The molecule has 1 aliphatic carbocycles. The van der Waals surface area contributed by atoms with Gasteiger partial charge in [-0.05, 0) is 65.2 Å². The van der Waals surface area contributed by atoms with Gasteiger partial charge in [0.05, 0.1) is 0 Å². The molecular weight excluding hydrogens is 425 g/mol. The first-order valence-electron chi connectivity index (χ1n) is 11.7. The van der Waals surface area contributed by atoms with Crippen LogP contribution in [0.15, 0.2) is 108 Å². The Morgan fingerprint density at radius 1 is 0.656 bits per heavy atom. The van der Waals surface area contributed by atoms with Crippen molar-refractivity contribution in [2.75, 3.05) is 13.1 Å². The van der Waals surface area contributed by atoms with Gasteiger partial charge in [-0.1, -0.05) is 103 Å². The summed E-state index contributed by atoms with van der Waals surface area (Å²) in [5.74, 6) is 0. The lowest BCUT2D eigenvalue weighted by atomic mass is 10.1. The highest BCUT2D eigenvalue weighted by atomic mass is 32.4. The molecule has 0 atom stereocenters. The molecule has 3 aromatic carbocycles. The molecule has 1 saturated heterocycles. The van der Waals surface area contributed by atoms with Crippen LogP contribution in [0.2, 0.25) is 0 Å². The molecule has 2 aliphatic rings. The number of piperidine rings is 1. The average molecular weight is 456 g/mol. The third-order valence-corrected chi connectivity index (χ3v) is 11.8. The number of hydrogen-bond donors (Lipinski definition) is 0. The third kappa shape index (κ3) is 4.15. The van der Waals surface area contributed by atoms with E-state index in [1.54, 1.807) is 0 Å². The number of benzene rings is 3. The van der Waals surface area contributed by atoms with Crippen LogP contribution < -0.4 is 10.6 Å². The SMILES string of the molecule is S=P(C1=C(N2CCCCC2)/C(=C/c2ccccc2)CC1)(c1ccccc1)c1ccccc1. The molecule has 0 amide bonds. The van der Waals surface area contributed by atoms with Gasteiger partial charge < -0.3 is 4.90 Å². The normalized spacial score (nSPS) is 18.4. The predicted octanol–water partition coefficient (Wildman–Crippen LogP) is 6.69. The van der Waals surface area contributed by atoms with Gasteiger partial charge in [-0.25, -0.2) is 0 Å². The molecule has 0 spiro atoms. The minimum atomic E-state index is -2.11. The fraction of sp³-hybridized carbons (Fsp3) is 0.241. The van der Waals surface area contributed by atoms with Crippen molar-refractivity contribution in [2.45, 2.75) is 32.1 Å². The van der Waals surface area contributed by atoms with Crippen LogP contribution in [0.5, 0.6) is 0 Å². The molecule has 0 radical (unpaired) electrons. The Kier molecular flexibility index (Phi) is 6.44. The van der Waals surface area contributed by atoms with E-state index in [0.29, 0.717) is 0 Å². The molecular formula is C29H30NPS. The summed E-state index contributed by atoms with van der Waals surface area (Å²) in [7, 11) is 0. The molecule has 0 bridgehead atoms. The second-order valence-corrected chi connectivity index (χ2v) is 13.1. The highest BCUT2D eigenvalue weighted by Gasteiger charge is 2.36. The number of hydrogen-bond acceptors (Lipinski definition) is 2. The number of allylic oxidation sites excluding steroid dienone is 2. The lowest BCUT2D eigenvalue weighted by Gasteiger charge is -2.34. The van der Waals surface area contributed by atoms with Crippen molar-refractivity contribution in [1.82, 2.24) is 4.90 Å². The van der Waals surface area contributed by atoms with Crippen molar-refractivity contribution < 1.29 is 0 Å². The largest absolute Gasteiger partial charge is 0.371 e. The maximum absolute atomic E-state index is 6.76. The van der Waals surface area contributed by atoms with E-state index in [2.05, 4.69) is 102 Å². The summed E-state index contributed by atoms with van der Waals surface area (Å²) in [5, 5.41) is 4.13. The Morgan fingerprint density at radius 3 is 1.75 bits per heavy atom. The quantitative estimate of drug-likeness (QED) is 0.394. The van der Waals surface area contributed by atoms with Crippen LogP contribution in [-0.4, -0.2) is 18.0 Å². The molecule has 1 fully saturated rings. The Hall–Kier alpha value is -2.41. The van der Waals surface area contributed by atoms with E-state index in [1.807, 2.05) is 0 Å². The van der Waals surface area contributed by atoms with Crippen molar-refractivity contribution >= 4 is 34.5 Å². The maximum atomic E-state index is 6.76. The molecule has 32 heavy (non-hydrogen) atoms. The minimum Gasteiger partial charge on any atom is -0.371 e. The van der Waals surface area contributed by atoms with E-state index >= 15 is 0 Å². The summed E-state index contributed by atoms with van der Waals surface area (Å²) in [6.07, 6.45) is 8.43. The molecule has 0 N–H and O–H groups in total. The first-order chi connectivity index (χ1) is 15.8. The monoisotopic (exact) mass is 455 g/mol. The lowest BCUT2D eigenvalue weighted by molar-refractivity contribution is 0.290. The number of rotatable bonds is 5. The Bertz CT molecular complexity index is 1120. The van der Waals surface area contributed by atoms with E-state index < -0.39 is 6.04 Å². The molecule has 162 valence electrons.